The molecule has 0 aliphatic carbocycles. The molecule has 1 N–H and O–H groups in total. The molecule has 142 valence electrons. The van der Waals surface area contributed by atoms with Crippen molar-refractivity contribution in [1.29, 1.82) is 0 Å². The van der Waals surface area contributed by atoms with E-state index in [1.165, 1.54) is 0 Å². The van der Waals surface area contributed by atoms with Crippen molar-refractivity contribution >= 4 is 11.9 Å². The summed E-state index contributed by atoms with van der Waals surface area (Å²) in [6.07, 6.45) is 1.23. The molecule has 1 fully saturated rings. The molecule has 0 radical (unpaired) electrons. The van der Waals surface area contributed by atoms with Gasteiger partial charge in [-0.2, -0.15) is 0 Å². The maximum Gasteiger partial charge on any atom is 0.317 e. The molecule has 5 heteroatoms. The van der Waals surface area contributed by atoms with E-state index in [1.54, 1.807) is 0 Å². The number of carbonyl (C=O) groups is 2. The number of urea groups is 1. The summed E-state index contributed by atoms with van der Waals surface area (Å²) < 4.78 is 0. The SMILES string of the molecule is Cc1ccccc1CC(=O)N1CCCN(C(=O)NCc2ccccc2)CC1. The van der Waals surface area contributed by atoms with Crippen LogP contribution in [0, 0.1) is 6.92 Å². The van der Waals surface area contributed by atoms with Crippen molar-refractivity contribution in [3.05, 3.63) is 71.3 Å². The van der Waals surface area contributed by atoms with Crippen LogP contribution in [-0.2, 0) is 17.8 Å². The molecule has 5 nitrogen and oxygen atoms in total. The van der Waals surface area contributed by atoms with E-state index in [1.807, 2.05) is 71.3 Å². The number of hydrogen-bond acceptors (Lipinski definition) is 2. The number of nitrogens with one attached hydrogen (secondary N) is 1. The highest BCUT2D eigenvalue weighted by molar-refractivity contribution is 5.79. The lowest BCUT2D eigenvalue weighted by Gasteiger charge is -2.23. The van der Waals surface area contributed by atoms with Gasteiger partial charge in [-0.25, -0.2) is 4.79 Å². The smallest absolute Gasteiger partial charge is 0.317 e. The van der Waals surface area contributed by atoms with Crippen LogP contribution in [0.15, 0.2) is 54.6 Å². The zero-order chi connectivity index (χ0) is 19.1. The summed E-state index contributed by atoms with van der Waals surface area (Å²) >= 11 is 0. The number of hydrogen-bond donors (Lipinski definition) is 1. The van der Waals surface area contributed by atoms with Crippen LogP contribution in [0.5, 0.6) is 0 Å². The van der Waals surface area contributed by atoms with Gasteiger partial charge in [0.1, 0.15) is 0 Å². The molecular formula is C22H27N3O2. The topological polar surface area (TPSA) is 52.7 Å². The molecule has 27 heavy (non-hydrogen) atoms. The van der Waals surface area contributed by atoms with Gasteiger partial charge in [0, 0.05) is 32.7 Å². The van der Waals surface area contributed by atoms with Crippen LogP contribution in [0.3, 0.4) is 0 Å². The predicted molar refractivity (Wildman–Crippen MR) is 106 cm³/mol. The highest BCUT2D eigenvalue weighted by Gasteiger charge is 2.22. The van der Waals surface area contributed by atoms with Crippen LogP contribution in [0.1, 0.15) is 23.1 Å². The van der Waals surface area contributed by atoms with Gasteiger partial charge in [-0.1, -0.05) is 54.6 Å². The van der Waals surface area contributed by atoms with E-state index in [0.717, 1.165) is 23.1 Å². The quantitative estimate of drug-likeness (QED) is 0.906. The Bertz CT molecular complexity index is 776. The van der Waals surface area contributed by atoms with E-state index in [0.29, 0.717) is 39.1 Å². The van der Waals surface area contributed by atoms with Crippen molar-refractivity contribution < 1.29 is 9.59 Å². The number of nitrogens with zero attached hydrogens (tertiary/aromatic N) is 2. The zero-order valence-corrected chi connectivity index (χ0v) is 15.9. The number of rotatable bonds is 4. The first-order valence-corrected chi connectivity index (χ1v) is 9.52. The van der Waals surface area contributed by atoms with Gasteiger partial charge in [-0.05, 0) is 30.0 Å². The second-order valence-electron chi connectivity index (χ2n) is 6.97. The van der Waals surface area contributed by atoms with Crippen molar-refractivity contribution in [2.24, 2.45) is 0 Å². The lowest BCUT2D eigenvalue weighted by atomic mass is 10.1. The maximum atomic E-state index is 12.7. The second kappa shape index (κ2) is 9.21. The lowest BCUT2D eigenvalue weighted by Crippen LogP contribution is -2.42. The Morgan fingerprint density at radius 2 is 1.56 bits per heavy atom. The summed E-state index contributed by atoms with van der Waals surface area (Å²) in [6.45, 7) is 5.08. The number of carbonyl (C=O) groups excluding carboxylic acids is 2. The van der Waals surface area contributed by atoms with Crippen LogP contribution in [0.2, 0.25) is 0 Å². The molecule has 0 aromatic heterocycles. The first-order valence-electron chi connectivity index (χ1n) is 9.52. The number of amides is 3. The largest absolute Gasteiger partial charge is 0.341 e. The predicted octanol–water partition coefficient (Wildman–Crippen LogP) is 2.98. The average Bonchev–Trinajstić information content (AvgIpc) is 2.95. The van der Waals surface area contributed by atoms with Crippen LogP contribution < -0.4 is 5.32 Å². The van der Waals surface area contributed by atoms with E-state index < -0.39 is 0 Å². The Morgan fingerprint density at radius 3 is 2.33 bits per heavy atom. The van der Waals surface area contributed by atoms with E-state index in [9.17, 15) is 9.59 Å². The lowest BCUT2D eigenvalue weighted by molar-refractivity contribution is -0.130. The Morgan fingerprint density at radius 1 is 0.889 bits per heavy atom. The number of benzene rings is 2. The molecule has 1 heterocycles. The fourth-order valence-corrected chi connectivity index (χ4v) is 3.34. The van der Waals surface area contributed by atoms with Crippen LogP contribution >= 0.6 is 0 Å². The third-order valence-electron chi connectivity index (χ3n) is 5.03. The van der Waals surface area contributed by atoms with Crippen molar-refractivity contribution in [2.45, 2.75) is 26.3 Å². The van der Waals surface area contributed by atoms with E-state index in [-0.39, 0.29) is 11.9 Å². The second-order valence-corrected chi connectivity index (χ2v) is 6.97. The third-order valence-corrected chi connectivity index (χ3v) is 5.03. The first-order chi connectivity index (χ1) is 13.1. The van der Waals surface area contributed by atoms with Gasteiger partial charge in [-0.3, -0.25) is 4.79 Å². The number of aryl methyl sites for hydroxylation is 1. The standard InChI is InChI=1S/C22H27N3O2/c1-18-8-5-6-11-20(18)16-21(26)24-12-7-13-25(15-14-24)22(27)23-17-19-9-3-2-4-10-19/h2-6,8-11H,7,12-17H2,1H3,(H,23,27). The molecule has 0 atom stereocenters. The molecule has 0 unspecified atom stereocenters. The Balaban J connectivity index is 1.50. The molecule has 0 bridgehead atoms. The summed E-state index contributed by atoms with van der Waals surface area (Å²) in [4.78, 5) is 28.8. The Kier molecular flexibility index (Phi) is 6.47. The normalized spacial score (nSPS) is 14.6. The summed E-state index contributed by atoms with van der Waals surface area (Å²) in [5, 5.41) is 2.97. The molecule has 3 amide bonds. The maximum absolute atomic E-state index is 12.7. The third kappa shape index (κ3) is 5.33. The minimum absolute atomic E-state index is 0.0629. The molecule has 2 aromatic rings. The van der Waals surface area contributed by atoms with E-state index >= 15 is 0 Å². The summed E-state index contributed by atoms with van der Waals surface area (Å²) in [5.74, 6) is 0.135. The van der Waals surface area contributed by atoms with Crippen molar-refractivity contribution in [2.75, 3.05) is 26.2 Å². The molecule has 2 aromatic carbocycles. The molecule has 1 aliphatic heterocycles. The van der Waals surface area contributed by atoms with Crippen molar-refractivity contribution in [3.63, 3.8) is 0 Å². The van der Waals surface area contributed by atoms with Gasteiger partial charge >= 0.3 is 6.03 Å². The van der Waals surface area contributed by atoms with Crippen molar-refractivity contribution in [3.8, 4) is 0 Å². The van der Waals surface area contributed by atoms with Gasteiger partial charge in [0.15, 0.2) is 0 Å². The minimum Gasteiger partial charge on any atom is -0.341 e. The summed E-state index contributed by atoms with van der Waals surface area (Å²) in [7, 11) is 0. The molecule has 3 rings (SSSR count). The summed E-state index contributed by atoms with van der Waals surface area (Å²) in [5.41, 5.74) is 3.29. The van der Waals surface area contributed by atoms with E-state index in [2.05, 4.69) is 5.32 Å². The van der Waals surface area contributed by atoms with Crippen LogP contribution in [-0.4, -0.2) is 47.9 Å². The first kappa shape index (κ1) is 19.0. The van der Waals surface area contributed by atoms with Gasteiger partial charge < -0.3 is 15.1 Å². The average molecular weight is 365 g/mol. The Labute approximate surface area is 161 Å². The molecule has 1 aliphatic rings. The fraction of sp³-hybridized carbons (Fsp3) is 0.364. The summed E-state index contributed by atoms with van der Waals surface area (Å²) in [6, 6.07) is 17.8. The zero-order valence-electron chi connectivity index (χ0n) is 15.9. The van der Waals surface area contributed by atoms with Gasteiger partial charge in [0.05, 0.1) is 6.42 Å². The van der Waals surface area contributed by atoms with Crippen LogP contribution in [0.25, 0.3) is 0 Å². The van der Waals surface area contributed by atoms with Gasteiger partial charge in [0.25, 0.3) is 0 Å². The Hall–Kier alpha value is -2.82. The highest BCUT2D eigenvalue weighted by Crippen LogP contribution is 2.11. The highest BCUT2D eigenvalue weighted by atomic mass is 16.2. The van der Waals surface area contributed by atoms with Gasteiger partial charge in [-0.15, -0.1) is 0 Å². The monoisotopic (exact) mass is 365 g/mol. The molecule has 1 saturated heterocycles. The molecular weight excluding hydrogens is 338 g/mol. The van der Waals surface area contributed by atoms with Gasteiger partial charge in [0.2, 0.25) is 5.91 Å². The van der Waals surface area contributed by atoms with Crippen LogP contribution in [0.4, 0.5) is 4.79 Å². The minimum atomic E-state index is -0.0629. The molecule has 0 saturated carbocycles. The van der Waals surface area contributed by atoms with Crippen molar-refractivity contribution in [1.82, 2.24) is 15.1 Å². The van der Waals surface area contributed by atoms with E-state index in [4.69, 9.17) is 0 Å². The molecule has 0 spiro atoms. The fourth-order valence-electron chi connectivity index (χ4n) is 3.34.